The fourth-order valence-corrected chi connectivity index (χ4v) is 0.696. The van der Waals surface area contributed by atoms with Crippen LogP contribution in [0.3, 0.4) is 0 Å². The zero-order valence-electron chi connectivity index (χ0n) is 7.11. The normalized spacial score (nSPS) is 10.5. The highest BCUT2D eigenvalue weighted by Crippen LogP contribution is 2.03. The number of hydrogen-bond acceptors (Lipinski definition) is 2. The van der Waals surface area contributed by atoms with Gasteiger partial charge in [0, 0.05) is 26.4 Å². The standard InChI is InChI=1S/C8H11N3O/c1-11(2)6-10-7-3-4-9-8(12)5-7/h3-6H,1-2H3,(H,9,12)/b10-6+. The molecule has 4 nitrogen and oxygen atoms in total. The third-order valence-electron chi connectivity index (χ3n) is 1.20. The Morgan fingerprint density at radius 2 is 2.33 bits per heavy atom. The van der Waals surface area contributed by atoms with Crippen molar-refractivity contribution in [3.63, 3.8) is 0 Å². The van der Waals surface area contributed by atoms with E-state index in [-0.39, 0.29) is 5.56 Å². The van der Waals surface area contributed by atoms with Gasteiger partial charge in [0.15, 0.2) is 0 Å². The maximum absolute atomic E-state index is 10.8. The van der Waals surface area contributed by atoms with Gasteiger partial charge in [0.05, 0.1) is 12.0 Å². The lowest BCUT2D eigenvalue weighted by molar-refractivity contribution is 0.643. The van der Waals surface area contributed by atoms with Gasteiger partial charge < -0.3 is 9.88 Å². The van der Waals surface area contributed by atoms with Crippen molar-refractivity contribution in [2.24, 2.45) is 4.99 Å². The molecule has 0 saturated heterocycles. The van der Waals surface area contributed by atoms with Crippen molar-refractivity contribution in [2.45, 2.75) is 0 Å². The zero-order valence-corrected chi connectivity index (χ0v) is 7.11. The van der Waals surface area contributed by atoms with E-state index in [1.165, 1.54) is 6.07 Å². The topological polar surface area (TPSA) is 48.5 Å². The summed E-state index contributed by atoms with van der Waals surface area (Å²) in [5, 5.41) is 0. The molecule has 0 aliphatic carbocycles. The van der Waals surface area contributed by atoms with Crippen molar-refractivity contribution in [1.29, 1.82) is 0 Å². The van der Waals surface area contributed by atoms with Crippen LogP contribution in [0.2, 0.25) is 0 Å². The monoisotopic (exact) mass is 165 g/mol. The van der Waals surface area contributed by atoms with Gasteiger partial charge in [0.25, 0.3) is 0 Å². The lowest BCUT2D eigenvalue weighted by Gasteiger charge is -2.01. The Bertz CT molecular complexity index is 327. The summed E-state index contributed by atoms with van der Waals surface area (Å²) in [7, 11) is 3.74. The quantitative estimate of drug-likeness (QED) is 0.515. The largest absolute Gasteiger partial charge is 0.369 e. The average Bonchev–Trinajstić information content (AvgIpc) is 2.01. The van der Waals surface area contributed by atoms with Crippen molar-refractivity contribution < 1.29 is 0 Å². The molecule has 0 bridgehead atoms. The lowest BCUT2D eigenvalue weighted by atomic mass is 10.4. The second kappa shape index (κ2) is 3.71. The first-order chi connectivity index (χ1) is 5.68. The van der Waals surface area contributed by atoms with Crippen LogP contribution < -0.4 is 5.56 Å². The summed E-state index contributed by atoms with van der Waals surface area (Å²) < 4.78 is 0. The molecule has 1 aromatic rings. The minimum Gasteiger partial charge on any atom is -0.369 e. The summed E-state index contributed by atoms with van der Waals surface area (Å²) in [5.74, 6) is 0. The Kier molecular flexibility index (Phi) is 2.63. The molecular weight excluding hydrogens is 154 g/mol. The molecule has 0 radical (unpaired) electrons. The van der Waals surface area contributed by atoms with Gasteiger partial charge in [-0.3, -0.25) is 4.79 Å². The molecule has 1 rings (SSSR count). The molecule has 0 aromatic carbocycles. The van der Waals surface area contributed by atoms with Crippen molar-refractivity contribution >= 4 is 12.0 Å². The van der Waals surface area contributed by atoms with Crippen LogP contribution in [-0.4, -0.2) is 30.3 Å². The molecule has 0 atom stereocenters. The Morgan fingerprint density at radius 1 is 1.58 bits per heavy atom. The lowest BCUT2D eigenvalue weighted by Crippen LogP contribution is -2.07. The molecule has 0 fully saturated rings. The molecular formula is C8H11N3O. The fraction of sp³-hybridized carbons (Fsp3) is 0.250. The van der Waals surface area contributed by atoms with Crippen LogP contribution in [0.1, 0.15) is 0 Å². The predicted octanol–water partition coefficient (Wildman–Crippen LogP) is 0.596. The van der Waals surface area contributed by atoms with Gasteiger partial charge in [-0.05, 0) is 6.07 Å². The number of aromatic amines is 1. The highest BCUT2D eigenvalue weighted by molar-refractivity contribution is 5.60. The maximum Gasteiger partial charge on any atom is 0.250 e. The third-order valence-corrected chi connectivity index (χ3v) is 1.20. The first kappa shape index (κ1) is 8.52. The number of aromatic nitrogens is 1. The molecule has 0 saturated carbocycles. The number of aliphatic imine (C=N–C) groups is 1. The Balaban J connectivity index is 2.83. The van der Waals surface area contributed by atoms with Crippen molar-refractivity contribution in [2.75, 3.05) is 14.1 Å². The smallest absolute Gasteiger partial charge is 0.250 e. The minimum atomic E-state index is -0.136. The van der Waals surface area contributed by atoms with E-state index < -0.39 is 0 Å². The summed E-state index contributed by atoms with van der Waals surface area (Å²) in [6.07, 6.45) is 3.22. The Hall–Kier alpha value is -1.58. The van der Waals surface area contributed by atoms with E-state index in [2.05, 4.69) is 9.98 Å². The molecule has 0 aliphatic heterocycles. The Morgan fingerprint density at radius 3 is 2.92 bits per heavy atom. The van der Waals surface area contributed by atoms with E-state index in [1.807, 2.05) is 14.1 Å². The molecule has 0 spiro atoms. The molecule has 1 heterocycles. The predicted molar refractivity (Wildman–Crippen MR) is 48.9 cm³/mol. The summed E-state index contributed by atoms with van der Waals surface area (Å²) >= 11 is 0. The van der Waals surface area contributed by atoms with Gasteiger partial charge in [0.1, 0.15) is 0 Å². The van der Waals surface area contributed by atoms with Crippen LogP contribution in [-0.2, 0) is 0 Å². The van der Waals surface area contributed by atoms with Crippen LogP contribution in [0.15, 0.2) is 28.1 Å². The molecule has 0 aliphatic rings. The molecule has 4 heteroatoms. The molecule has 0 unspecified atom stereocenters. The van der Waals surface area contributed by atoms with E-state index >= 15 is 0 Å². The third kappa shape index (κ3) is 2.57. The zero-order chi connectivity index (χ0) is 8.97. The van der Waals surface area contributed by atoms with Crippen molar-refractivity contribution in [1.82, 2.24) is 9.88 Å². The number of H-pyrrole nitrogens is 1. The number of nitrogens with one attached hydrogen (secondary N) is 1. The van der Waals surface area contributed by atoms with E-state index in [9.17, 15) is 4.79 Å². The highest BCUT2D eigenvalue weighted by atomic mass is 16.1. The van der Waals surface area contributed by atoms with Crippen LogP contribution in [0.4, 0.5) is 5.69 Å². The first-order valence-electron chi connectivity index (χ1n) is 3.58. The average molecular weight is 165 g/mol. The summed E-state index contributed by atoms with van der Waals surface area (Å²) in [4.78, 5) is 19.2. The van der Waals surface area contributed by atoms with Gasteiger partial charge in [-0.1, -0.05) is 0 Å². The summed E-state index contributed by atoms with van der Waals surface area (Å²) in [6, 6.07) is 3.18. The highest BCUT2D eigenvalue weighted by Gasteiger charge is 1.87. The van der Waals surface area contributed by atoms with Crippen molar-refractivity contribution in [3.8, 4) is 0 Å². The molecule has 64 valence electrons. The second-order valence-electron chi connectivity index (χ2n) is 2.62. The Labute approximate surface area is 70.6 Å². The molecule has 1 aromatic heterocycles. The number of pyridine rings is 1. The van der Waals surface area contributed by atoms with E-state index in [0.717, 1.165) is 0 Å². The van der Waals surface area contributed by atoms with E-state index in [1.54, 1.807) is 23.5 Å². The van der Waals surface area contributed by atoms with Gasteiger partial charge in [0.2, 0.25) is 5.56 Å². The van der Waals surface area contributed by atoms with Gasteiger partial charge in [-0.25, -0.2) is 4.99 Å². The van der Waals surface area contributed by atoms with Gasteiger partial charge in [-0.2, -0.15) is 0 Å². The van der Waals surface area contributed by atoms with Crippen LogP contribution in [0.25, 0.3) is 0 Å². The molecule has 12 heavy (non-hydrogen) atoms. The minimum absolute atomic E-state index is 0.136. The van der Waals surface area contributed by atoms with Crippen molar-refractivity contribution in [3.05, 3.63) is 28.7 Å². The van der Waals surface area contributed by atoms with Crippen LogP contribution in [0, 0.1) is 0 Å². The number of hydrogen-bond donors (Lipinski definition) is 1. The second-order valence-corrected chi connectivity index (χ2v) is 2.62. The van der Waals surface area contributed by atoms with Gasteiger partial charge >= 0.3 is 0 Å². The summed E-state index contributed by atoms with van der Waals surface area (Å²) in [5.41, 5.74) is 0.524. The van der Waals surface area contributed by atoms with Crippen LogP contribution >= 0.6 is 0 Å². The molecule has 0 amide bonds. The summed E-state index contributed by atoms with van der Waals surface area (Å²) in [6.45, 7) is 0. The van der Waals surface area contributed by atoms with Gasteiger partial charge in [-0.15, -0.1) is 0 Å². The first-order valence-corrected chi connectivity index (χ1v) is 3.58. The SMILES string of the molecule is CN(C)/C=N/c1cc[nH]c(=O)c1. The van der Waals surface area contributed by atoms with Crippen LogP contribution in [0.5, 0.6) is 0 Å². The number of nitrogens with zero attached hydrogens (tertiary/aromatic N) is 2. The number of rotatable bonds is 2. The maximum atomic E-state index is 10.8. The fourth-order valence-electron chi connectivity index (χ4n) is 0.696. The van der Waals surface area contributed by atoms with E-state index in [0.29, 0.717) is 5.69 Å². The molecule has 1 N–H and O–H groups in total. The van der Waals surface area contributed by atoms with E-state index in [4.69, 9.17) is 0 Å².